The molecular weight excluding hydrogens is 236 g/mol. The van der Waals surface area contributed by atoms with Crippen LogP contribution in [0.1, 0.15) is 22.6 Å². The van der Waals surface area contributed by atoms with Crippen LogP contribution < -0.4 is 0 Å². The fourth-order valence-electron chi connectivity index (χ4n) is 2.47. The first-order valence-corrected chi connectivity index (χ1v) is 6.40. The number of nitrogens with zero attached hydrogens (tertiary/aromatic N) is 2. The van der Waals surface area contributed by atoms with Crippen LogP contribution in [0.15, 0.2) is 48.5 Å². The number of aliphatic hydroxyl groups excluding tert-OH is 1. The summed E-state index contributed by atoms with van der Waals surface area (Å²) in [5, 5.41) is 9.65. The molecule has 0 bridgehead atoms. The molecule has 0 atom stereocenters. The molecule has 3 rings (SSSR count). The molecule has 0 unspecified atom stereocenters. The maximum absolute atomic E-state index is 9.65. The lowest BCUT2D eigenvalue weighted by atomic mass is 10.1. The number of hydrogen-bond donors (Lipinski definition) is 1. The number of aromatic nitrogens is 2. The molecule has 3 heteroatoms. The first-order chi connectivity index (χ1) is 9.29. The van der Waals surface area contributed by atoms with E-state index in [0.29, 0.717) is 0 Å². The van der Waals surface area contributed by atoms with Crippen molar-refractivity contribution in [3.05, 3.63) is 71.2 Å². The minimum absolute atomic E-state index is 0.00812. The van der Waals surface area contributed by atoms with Crippen molar-refractivity contribution in [3.8, 4) is 0 Å². The summed E-state index contributed by atoms with van der Waals surface area (Å²) in [4.78, 5) is 4.64. The molecule has 96 valence electrons. The third-order valence-electron chi connectivity index (χ3n) is 3.38. The van der Waals surface area contributed by atoms with Gasteiger partial charge in [0.05, 0.1) is 18.0 Å². The Balaban J connectivity index is 2.11. The summed E-state index contributed by atoms with van der Waals surface area (Å²) in [7, 11) is 0. The van der Waals surface area contributed by atoms with Gasteiger partial charge in [0.15, 0.2) is 0 Å². The van der Waals surface area contributed by atoms with Gasteiger partial charge in [0, 0.05) is 12.1 Å². The topological polar surface area (TPSA) is 37.5 Å². The van der Waals surface area contributed by atoms with Gasteiger partial charge in [0.25, 0.3) is 0 Å². The van der Waals surface area contributed by atoms with Gasteiger partial charge in [-0.05, 0) is 24.6 Å². The lowest BCUT2D eigenvalue weighted by Gasteiger charge is -2.04. The number of imidazole rings is 1. The molecule has 1 aromatic carbocycles. The number of rotatable bonds is 3. The summed E-state index contributed by atoms with van der Waals surface area (Å²) in [6.45, 7) is 2.04. The molecule has 0 aliphatic rings. The van der Waals surface area contributed by atoms with Crippen LogP contribution in [0.4, 0.5) is 0 Å². The van der Waals surface area contributed by atoms with E-state index in [1.165, 1.54) is 5.56 Å². The summed E-state index contributed by atoms with van der Waals surface area (Å²) >= 11 is 0. The number of fused-ring (bicyclic) bond motifs is 1. The van der Waals surface area contributed by atoms with Crippen molar-refractivity contribution in [1.29, 1.82) is 0 Å². The highest BCUT2D eigenvalue weighted by Gasteiger charge is 2.12. The Morgan fingerprint density at radius 1 is 1.05 bits per heavy atom. The quantitative estimate of drug-likeness (QED) is 0.778. The Bertz CT molecular complexity index is 701. The summed E-state index contributed by atoms with van der Waals surface area (Å²) in [5.74, 6) is 0. The molecular formula is C16H16N2O. The van der Waals surface area contributed by atoms with Crippen LogP contribution in [-0.4, -0.2) is 14.5 Å². The lowest BCUT2D eigenvalue weighted by Crippen LogP contribution is -2.00. The van der Waals surface area contributed by atoms with Crippen molar-refractivity contribution in [3.63, 3.8) is 0 Å². The summed E-state index contributed by atoms with van der Waals surface area (Å²) in [5.41, 5.74) is 5.03. The van der Waals surface area contributed by atoms with E-state index in [0.717, 1.165) is 29.1 Å². The van der Waals surface area contributed by atoms with Crippen LogP contribution in [-0.2, 0) is 13.0 Å². The normalized spacial score (nSPS) is 11.1. The zero-order valence-corrected chi connectivity index (χ0v) is 10.9. The average molecular weight is 252 g/mol. The highest BCUT2D eigenvalue weighted by Crippen LogP contribution is 2.18. The van der Waals surface area contributed by atoms with Crippen LogP contribution in [0.3, 0.4) is 0 Å². The third kappa shape index (κ3) is 2.13. The molecule has 3 nitrogen and oxygen atoms in total. The van der Waals surface area contributed by atoms with Crippen molar-refractivity contribution >= 4 is 5.65 Å². The molecule has 0 aliphatic carbocycles. The maximum atomic E-state index is 9.65. The van der Waals surface area contributed by atoms with Gasteiger partial charge in [0.2, 0.25) is 0 Å². The molecule has 0 aliphatic heterocycles. The van der Waals surface area contributed by atoms with Gasteiger partial charge >= 0.3 is 0 Å². The zero-order valence-electron chi connectivity index (χ0n) is 10.9. The summed E-state index contributed by atoms with van der Waals surface area (Å²) in [6.07, 6.45) is 0.748. The van der Waals surface area contributed by atoms with Crippen LogP contribution in [0.5, 0.6) is 0 Å². The minimum Gasteiger partial charge on any atom is -0.390 e. The zero-order chi connectivity index (χ0) is 13.2. The van der Waals surface area contributed by atoms with E-state index >= 15 is 0 Å². The number of benzene rings is 1. The van der Waals surface area contributed by atoms with E-state index in [1.54, 1.807) is 0 Å². The molecule has 0 spiro atoms. The summed E-state index contributed by atoms with van der Waals surface area (Å²) in [6, 6.07) is 16.2. The number of hydrogen-bond acceptors (Lipinski definition) is 2. The number of pyridine rings is 1. The maximum Gasteiger partial charge on any atom is 0.137 e. The number of aliphatic hydroxyl groups is 1. The lowest BCUT2D eigenvalue weighted by molar-refractivity contribution is 0.274. The van der Waals surface area contributed by atoms with Crippen molar-refractivity contribution < 1.29 is 5.11 Å². The predicted molar refractivity (Wildman–Crippen MR) is 75.1 cm³/mol. The van der Waals surface area contributed by atoms with Crippen LogP contribution in [0.25, 0.3) is 5.65 Å². The van der Waals surface area contributed by atoms with Gasteiger partial charge in [-0.15, -0.1) is 0 Å². The van der Waals surface area contributed by atoms with Crippen LogP contribution >= 0.6 is 0 Å². The molecule has 2 heterocycles. The van der Waals surface area contributed by atoms with E-state index in [2.05, 4.69) is 17.1 Å². The predicted octanol–water partition coefficient (Wildman–Crippen LogP) is 2.73. The van der Waals surface area contributed by atoms with Gasteiger partial charge in [-0.3, -0.25) is 4.40 Å². The van der Waals surface area contributed by atoms with E-state index in [1.807, 2.05) is 47.7 Å². The molecule has 0 saturated carbocycles. The highest BCUT2D eigenvalue weighted by molar-refractivity contribution is 5.46. The van der Waals surface area contributed by atoms with Crippen molar-refractivity contribution in [2.45, 2.75) is 20.0 Å². The monoisotopic (exact) mass is 252 g/mol. The van der Waals surface area contributed by atoms with E-state index in [-0.39, 0.29) is 6.61 Å². The van der Waals surface area contributed by atoms with Crippen LogP contribution in [0.2, 0.25) is 0 Å². The standard InChI is InChI=1S/C16H16N2O/c1-12-6-5-9-16-17-14(15(11-19)18(12)16)10-13-7-3-2-4-8-13/h2-9,19H,10-11H2,1H3. The first kappa shape index (κ1) is 11.9. The Morgan fingerprint density at radius 2 is 1.84 bits per heavy atom. The van der Waals surface area contributed by atoms with Gasteiger partial charge < -0.3 is 5.11 Å². The fourth-order valence-corrected chi connectivity index (χ4v) is 2.47. The molecule has 19 heavy (non-hydrogen) atoms. The second-order valence-corrected chi connectivity index (χ2v) is 4.69. The highest BCUT2D eigenvalue weighted by atomic mass is 16.3. The van der Waals surface area contributed by atoms with Gasteiger partial charge in [-0.25, -0.2) is 4.98 Å². The molecule has 0 amide bonds. The molecule has 3 aromatic rings. The smallest absolute Gasteiger partial charge is 0.137 e. The molecule has 2 aromatic heterocycles. The molecule has 1 N–H and O–H groups in total. The Kier molecular flexibility index (Phi) is 3.05. The summed E-state index contributed by atoms with van der Waals surface area (Å²) < 4.78 is 2.03. The third-order valence-corrected chi connectivity index (χ3v) is 3.38. The van der Waals surface area contributed by atoms with E-state index in [9.17, 15) is 5.11 Å². The number of aryl methyl sites for hydroxylation is 1. The van der Waals surface area contributed by atoms with Crippen molar-refractivity contribution in [2.24, 2.45) is 0 Å². The van der Waals surface area contributed by atoms with E-state index < -0.39 is 0 Å². The fraction of sp³-hybridized carbons (Fsp3) is 0.188. The minimum atomic E-state index is 0.00812. The average Bonchev–Trinajstić information content (AvgIpc) is 2.78. The van der Waals surface area contributed by atoms with Gasteiger partial charge in [0.1, 0.15) is 5.65 Å². The molecule has 0 saturated heterocycles. The molecule has 0 fully saturated rings. The molecule has 0 radical (unpaired) electrons. The van der Waals surface area contributed by atoms with Crippen molar-refractivity contribution in [2.75, 3.05) is 0 Å². The van der Waals surface area contributed by atoms with Gasteiger partial charge in [-0.1, -0.05) is 36.4 Å². The van der Waals surface area contributed by atoms with Crippen LogP contribution in [0, 0.1) is 6.92 Å². The largest absolute Gasteiger partial charge is 0.390 e. The van der Waals surface area contributed by atoms with E-state index in [4.69, 9.17) is 0 Å². The van der Waals surface area contributed by atoms with Gasteiger partial charge in [-0.2, -0.15) is 0 Å². The second-order valence-electron chi connectivity index (χ2n) is 4.69. The Morgan fingerprint density at radius 3 is 2.58 bits per heavy atom. The first-order valence-electron chi connectivity index (χ1n) is 6.40. The Labute approximate surface area is 112 Å². The van der Waals surface area contributed by atoms with Crippen molar-refractivity contribution in [1.82, 2.24) is 9.38 Å². The second kappa shape index (κ2) is 4.86. The Hall–Kier alpha value is -2.13. The SMILES string of the molecule is Cc1cccc2nc(Cc3ccccc3)c(CO)n12.